The van der Waals surface area contributed by atoms with Crippen molar-refractivity contribution in [3.63, 3.8) is 0 Å². The maximum atomic E-state index is 12.0. The number of ether oxygens (including phenoxy) is 3. The molecular weight excluding hydrogens is 348 g/mol. The van der Waals surface area contributed by atoms with Crippen LogP contribution in [-0.4, -0.2) is 42.1 Å². The van der Waals surface area contributed by atoms with Crippen LogP contribution in [0.1, 0.15) is 15.9 Å². The largest absolute Gasteiger partial charge is 0.462 e. The van der Waals surface area contributed by atoms with Crippen LogP contribution in [-0.2, 0) is 20.8 Å². The van der Waals surface area contributed by atoms with Gasteiger partial charge < -0.3 is 14.2 Å². The number of carbonyl (C=O) groups excluding carboxylic acids is 1. The summed E-state index contributed by atoms with van der Waals surface area (Å²) in [4.78, 5) is 12.0. The van der Waals surface area contributed by atoms with Crippen LogP contribution in [0.3, 0.4) is 0 Å². The molecule has 0 spiro atoms. The van der Waals surface area contributed by atoms with Crippen molar-refractivity contribution in [1.29, 1.82) is 0 Å². The molecule has 0 saturated carbocycles. The summed E-state index contributed by atoms with van der Waals surface area (Å²) in [6.45, 7) is 15.9. The molecule has 0 aromatic heterocycles. The average molecular weight is 383 g/mol. The summed E-state index contributed by atoms with van der Waals surface area (Å²) < 4.78 is 16.4. The first-order chi connectivity index (χ1) is 11.6. The van der Waals surface area contributed by atoms with E-state index in [0.717, 1.165) is 24.3 Å². The van der Waals surface area contributed by atoms with Crippen LogP contribution >= 0.6 is 0 Å². The van der Waals surface area contributed by atoms with Crippen LogP contribution in [0, 0.1) is 0 Å². The Morgan fingerprint density at radius 3 is 1.96 bits per heavy atom. The first-order valence-electron chi connectivity index (χ1n) is 8.98. The summed E-state index contributed by atoms with van der Waals surface area (Å²) in [5, 5.41) is 0. The Balaban J connectivity index is 2.26. The Morgan fingerprint density at radius 1 is 0.840 bits per heavy atom. The number of benzene rings is 1. The molecule has 0 aliphatic carbocycles. The minimum absolute atomic E-state index is 0.250. The maximum Gasteiger partial charge on any atom is 0.338 e. The van der Waals surface area contributed by atoms with Gasteiger partial charge >= 0.3 is 5.97 Å². The van der Waals surface area contributed by atoms with Gasteiger partial charge in [-0.2, -0.15) is 0 Å². The lowest BCUT2D eigenvalue weighted by molar-refractivity contribution is -0.0573. The lowest BCUT2D eigenvalue weighted by Gasteiger charge is -2.15. The van der Waals surface area contributed by atoms with Crippen molar-refractivity contribution in [3.05, 3.63) is 35.4 Å². The van der Waals surface area contributed by atoms with E-state index in [4.69, 9.17) is 14.2 Å². The van der Waals surface area contributed by atoms with Crippen molar-refractivity contribution in [3.8, 4) is 0 Å². The summed E-state index contributed by atoms with van der Waals surface area (Å²) in [6.07, 6.45) is 0. The smallest absolute Gasteiger partial charge is 0.338 e. The van der Waals surface area contributed by atoms with Crippen molar-refractivity contribution in [2.45, 2.75) is 58.0 Å². The molecule has 142 valence electrons. The molecule has 0 unspecified atom stereocenters. The molecule has 0 saturated heterocycles. The number of rotatable bonds is 11. The van der Waals surface area contributed by atoms with Crippen LogP contribution in [0.5, 0.6) is 0 Å². The third-order valence-electron chi connectivity index (χ3n) is 3.71. The molecule has 6 heteroatoms. The van der Waals surface area contributed by atoms with Gasteiger partial charge in [0.2, 0.25) is 0 Å². The zero-order valence-electron chi connectivity index (χ0n) is 16.7. The first kappa shape index (κ1) is 22.1. The van der Waals surface area contributed by atoms with Gasteiger partial charge in [-0.3, -0.25) is 0 Å². The highest BCUT2D eigenvalue weighted by Crippen LogP contribution is 2.11. The average Bonchev–Trinajstić information content (AvgIpc) is 2.49. The van der Waals surface area contributed by atoms with E-state index in [2.05, 4.69) is 39.3 Å². The zero-order chi connectivity index (χ0) is 18.9. The fraction of sp³-hybridized carbons (Fsp3) is 0.632. The van der Waals surface area contributed by atoms with E-state index in [0.29, 0.717) is 25.6 Å². The predicted molar refractivity (Wildman–Crippen MR) is 109 cm³/mol. The molecule has 0 amide bonds. The molecule has 1 rings (SSSR count). The minimum Gasteiger partial charge on any atom is -0.462 e. The normalized spacial score (nSPS) is 12.2. The van der Waals surface area contributed by atoms with Crippen LogP contribution < -0.4 is 0 Å². The second-order valence-electron chi connectivity index (χ2n) is 8.83. The highest BCUT2D eigenvalue weighted by Gasteiger charge is 2.15. The maximum absolute atomic E-state index is 12.0. The van der Waals surface area contributed by atoms with E-state index in [-0.39, 0.29) is 5.97 Å². The molecule has 0 N–H and O–H groups in total. The van der Waals surface area contributed by atoms with Crippen molar-refractivity contribution in [1.82, 2.24) is 0 Å². The molecule has 0 bridgehead atoms. The summed E-state index contributed by atoms with van der Waals surface area (Å²) in [5.41, 5.74) is 1.61. The van der Waals surface area contributed by atoms with Gasteiger partial charge in [-0.15, -0.1) is 0 Å². The molecule has 0 atom stereocenters. The Hall–Kier alpha value is -0.956. The van der Waals surface area contributed by atoms with Gasteiger partial charge in [-0.25, -0.2) is 4.79 Å². The molecule has 25 heavy (non-hydrogen) atoms. The van der Waals surface area contributed by atoms with Gasteiger partial charge in [-0.05, 0) is 29.8 Å². The molecule has 0 aliphatic heterocycles. The number of hydrogen-bond acceptors (Lipinski definition) is 4. The van der Waals surface area contributed by atoms with E-state index in [9.17, 15) is 4.79 Å². The van der Waals surface area contributed by atoms with Crippen molar-refractivity contribution < 1.29 is 19.0 Å². The quantitative estimate of drug-likeness (QED) is 0.233. The standard InChI is InChI=1S/C19H34O4Si2/c1-24(2,3)13-11-21-16-22-15-17-7-9-18(10-8-17)19(20)23-12-14-25(4,5)6/h7-10H,11-16H2,1-6H3. The second-order valence-corrected chi connectivity index (χ2v) is 20.1. The van der Waals surface area contributed by atoms with Crippen molar-refractivity contribution >= 4 is 22.1 Å². The predicted octanol–water partition coefficient (Wildman–Crippen LogP) is 5.01. The van der Waals surface area contributed by atoms with Gasteiger partial charge in [-0.1, -0.05) is 51.4 Å². The third kappa shape index (κ3) is 11.3. The Labute approximate surface area is 154 Å². The first-order valence-corrected chi connectivity index (χ1v) is 16.4. The van der Waals surface area contributed by atoms with Crippen molar-refractivity contribution in [2.24, 2.45) is 0 Å². The lowest BCUT2D eigenvalue weighted by Crippen LogP contribution is -2.22. The van der Waals surface area contributed by atoms with Crippen LogP contribution in [0.4, 0.5) is 0 Å². The van der Waals surface area contributed by atoms with Crippen LogP contribution in [0.25, 0.3) is 0 Å². The molecule has 1 aromatic rings. The number of esters is 1. The summed E-state index contributed by atoms with van der Waals surface area (Å²) in [6, 6.07) is 9.52. The zero-order valence-corrected chi connectivity index (χ0v) is 18.7. The van der Waals surface area contributed by atoms with Crippen LogP contribution in [0.2, 0.25) is 51.4 Å². The molecule has 0 radical (unpaired) electrons. The summed E-state index contributed by atoms with van der Waals surface area (Å²) in [5.74, 6) is -0.250. The van der Waals surface area contributed by atoms with E-state index in [1.807, 2.05) is 12.1 Å². The highest BCUT2D eigenvalue weighted by molar-refractivity contribution is 6.76. The minimum atomic E-state index is -1.17. The van der Waals surface area contributed by atoms with Gasteiger partial charge in [0.05, 0.1) is 18.8 Å². The third-order valence-corrected chi connectivity index (χ3v) is 7.11. The number of hydrogen-bond donors (Lipinski definition) is 0. The van der Waals surface area contributed by atoms with Gasteiger partial charge in [0.1, 0.15) is 6.79 Å². The molecule has 0 aliphatic rings. The lowest BCUT2D eigenvalue weighted by atomic mass is 10.1. The SMILES string of the molecule is C[Si](C)(C)CCOCOCc1ccc(C(=O)OCC[Si](C)(C)C)cc1. The summed E-state index contributed by atoms with van der Waals surface area (Å²) in [7, 11) is -2.21. The van der Waals surface area contributed by atoms with Gasteiger partial charge in [0.15, 0.2) is 0 Å². The highest BCUT2D eigenvalue weighted by atomic mass is 28.3. The summed E-state index contributed by atoms with van der Waals surface area (Å²) >= 11 is 0. The molecule has 1 aromatic carbocycles. The molecule has 0 fully saturated rings. The van der Waals surface area contributed by atoms with E-state index in [1.165, 1.54) is 0 Å². The topological polar surface area (TPSA) is 44.8 Å². The van der Waals surface area contributed by atoms with E-state index in [1.54, 1.807) is 12.1 Å². The monoisotopic (exact) mass is 382 g/mol. The van der Waals surface area contributed by atoms with Crippen molar-refractivity contribution in [2.75, 3.05) is 20.0 Å². The van der Waals surface area contributed by atoms with E-state index >= 15 is 0 Å². The van der Waals surface area contributed by atoms with Gasteiger partial charge in [0, 0.05) is 22.8 Å². The fourth-order valence-electron chi connectivity index (χ4n) is 1.93. The molecule has 0 heterocycles. The Morgan fingerprint density at radius 2 is 1.40 bits per heavy atom. The molecule has 4 nitrogen and oxygen atoms in total. The van der Waals surface area contributed by atoms with Gasteiger partial charge in [0.25, 0.3) is 0 Å². The van der Waals surface area contributed by atoms with Crippen LogP contribution in [0.15, 0.2) is 24.3 Å². The fourth-order valence-corrected chi connectivity index (χ4v) is 3.40. The number of carbonyl (C=O) groups is 1. The Kier molecular flexibility index (Phi) is 9.06. The second kappa shape index (κ2) is 10.3. The molecular formula is C19H34O4Si2. The Bertz CT molecular complexity index is 516. The van der Waals surface area contributed by atoms with E-state index < -0.39 is 16.1 Å².